The van der Waals surface area contributed by atoms with E-state index in [9.17, 15) is 37.5 Å². The predicted molar refractivity (Wildman–Crippen MR) is 158 cm³/mol. The van der Waals surface area contributed by atoms with Gasteiger partial charge < -0.3 is 24.7 Å². The third-order valence-corrected chi connectivity index (χ3v) is 7.79. The normalized spacial score (nSPS) is 16.7. The molecule has 0 aliphatic carbocycles. The molecule has 2 saturated heterocycles. The number of anilines is 3. The van der Waals surface area contributed by atoms with Crippen molar-refractivity contribution in [2.45, 2.75) is 12.4 Å². The molecule has 1 unspecified atom stereocenters. The van der Waals surface area contributed by atoms with Gasteiger partial charge in [-0.1, -0.05) is 0 Å². The number of carbonyl (C=O) groups is 3. The maximum Gasteiger partial charge on any atom is 0.335 e. The Kier molecular flexibility index (Phi) is 9.46. The Labute approximate surface area is 251 Å². The number of carboxylic acids is 2. The first-order valence-corrected chi connectivity index (χ1v) is 14.6. The summed E-state index contributed by atoms with van der Waals surface area (Å²) in [6.45, 7) is 4.10. The second kappa shape index (κ2) is 13.1. The van der Waals surface area contributed by atoms with Crippen LogP contribution < -0.4 is 14.7 Å². The molecule has 0 spiro atoms. The standard InChI is InChI=1S/C19H20N4O7S.C9H8O4/c24-18-13-21(15-3-1-14(2-4-15)20-9-11-30-12-10-20)19(31(27,28)29)22(18)16-5-7-17(8-6-16)23(25)26;1-5-2-6(8(10)11)4-7(3-5)9(12)13/h1-8,19H,9-13H2,(H,27,28,29);2-4H,1H3,(H,10,11)(H,12,13). The molecule has 3 aromatic carbocycles. The highest BCUT2D eigenvalue weighted by Gasteiger charge is 2.46. The molecule has 232 valence electrons. The van der Waals surface area contributed by atoms with Gasteiger partial charge in [0.15, 0.2) is 0 Å². The van der Waals surface area contributed by atoms with Crippen molar-refractivity contribution in [3.8, 4) is 0 Å². The van der Waals surface area contributed by atoms with Crippen LogP contribution in [0.25, 0.3) is 0 Å². The van der Waals surface area contributed by atoms with Crippen molar-refractivity contribution < 1.29 is 47.2 Å². The number of nitro groups is 1. The van der Waals surface area contributed by atoms with Gasteiger partial charge in [-0.3, -0.25) is 24.4 Å². The summed E-state index contributed by atoms with van der Waals surface area (Å²) in [6, 6.07) is 15.9. The highest BCUT2D eigenvalue weighted by atomic mass is 32.2. The monoisotopic (exact) mass is 628 g/mol. The number of benzene rings is 3. The van der Waals surface area contributed by atoms with Crippen molar-refractivity contribution in [1.29, 1.82) is 0 Å². The van der Waals surface area contributed by atoms with Crippen LogP contribution in [0.2, 0.25) is 0 Å². The molecule has 1 amide bonds. The minimum absolute atomic E-state index is 0.00241. The summed E-state index contributed by atoms with van der Waals surface area (Å²) < 4.78 is 39.7. The molecule has 15 nitrogen and oxygen atoms in total. The number of hydrogen-bond donors (Lipinski definition) is 3. The minimum Gasteiger partial charge on any atom is -0.478 e. The van der Waals surface area contributed by atoms with Crippen LogP contribution >= 0.6 is 0 Å². The lowest BCUT2D eigenvalue weighted by molar-refractivity contribution is -0.384. The number of aromatic carboxylic acids is 2. The number of non-ortho nitro benzene ring substituents is 1. The minimum atomic E-state index is -4.72. The van der Waals surface area contributed by atoms with Gasteiger partial charge >= 0.3 is 22.1 Å². The van der Waals surface area contributed by atoms with E-state index in [-0.39, 0.29) is 29.0 Å². The number of ether oxygens (including phenoxy) is 1. The molecule has 2 aliphatic rings. The number of nitrogens with zero attached hydrogens (tertiary/aromatic N) is 4. The third kappa shape index (κ3) is 7.28. The van der Waals surface area contributed by atoms with E-state index in [4.69, 9.17) is 14.9 Å². The largest absolute Gasteiger partial charge is 0.478 e. The van der Waals surface area contributed by atoms with Crippen LogP contribution in [0.15, 0.2) is 66.7 Å². The zero-order valence-electron chi connectivity index (χ0n) is 23.3. The van der Waals surface area contributed by atoms with Crippen LogP contribution in [-0.4, -0.2) is 84.3 Å². The number of nitro benzene ring substituents is 1. The highest BCUT2D eigenvalue weighted by Crippen LogP contribution is 2.33. The molecule has 5 rings (SSSR count). The van der Waals surface area contributed by atoms with E-state index in [1.165, 1.54) is 41.3 Å². The van der Waals surface area contributed by atoms with Crippen LogP contribution in [0.1, 0.15) is 26.3 Å². The van der Waals surface area contributed by atoms with Crippen molar-refractivity contribution in [2.24, 2.45) is 0 Å². The van der Waals surface area contributed by atoms with Crippen molar-refractivity contribution in [2.75, 3.05) is 47.5 Å². The predicted octanol–water partition coefficient (Wildman–Crippen LogP) is 2.85. The molecule has 3 aromatic rings. The highest BCUT2D eigenvalue weighted by molar-refractivity contribution is 7.86. The summed E-state index contributed by atoms with van der Waals surface area (Å²) in [6.07, 6.45) is 0. The number of aryl methyl sites for hydroxylation is 1. The summed E-state index contributed by atoms with van der Waals surface area (Å²) >= 11 is 0. The van der Waals surface area contributed by atoms with Crippen molar-refractivity contribution >= 4 is 50.7 Å². The summed E-state index contributed by atoms with van der Waals surface area (Å²) in [4.78, 5) is 48.4. The fourth-order valence-corrected chi connectivity index (χ4v) is 5.81. The second-order valence-corrected chi connectivity index (χ2v) is 11.3. The first-order valence-electron chi connectivity index (χ1n) is 13.1. The van der Waals surface area contributed by atoms with E-state index in [0.717, 1.165) is 29.7 Å². The van der Waals surface area contributed by atoms with Gasteiger partial charge in [-0.05, 0) is 67.1 Å². The van der Waals surface area contributed by atoms with Gasteiger partial charge in [0.05, 0.1) is 29.3 Å². The van der Waals surface area contributed by atoms with Crippen LogP contribution in [0.4, 0.5) is 22.7 Å². The van der Waals surface area contributed by atoms with E-state index in [1.54, 1.807) is 19.1 Å². The van der Waals surface area contributed by atoms with Gasteiger partial charge in [0, 0.05) is 42.3 Å². The number of morpholine rings is 1. The van der Waals surface area contributed by atoms with E-state index < -0.39 is 38.4 Å². The summed E-state index contributed by atoms with van der Waals surface area (Å²) in [5.41, 5.74) is 0.244. The average molecular weight is 629 g/mol. The van der Waals surface area contributed by atoms with E-state index >= 15 is 0 Å². The van der Waals surface area contributed by atoms with Crippen molar-refractivity contribution in [1.82, 2.24) is 0 Å². The number of carbonyl (C=O) groups excluding carboxylic acids is 1. The molecule has 3 N–H and O–H groups in total. The summed E-state index contributed by atoms with van der Waals surface area (Å²) in [5.74, 6) is -2.80. The fraction of sp³-hybridized carbons (Fsp3) is 0.250. The van der Waals surface area contributed by atoms with Crippen LogP contribution in [0.3, 0.4) is 0 Å². The fourth-order valence-electron chi connectivity index (χ4n) is 4.79. The summed E-state index contributed by atoms with van der Waals surface area (Å²) in [7, 11) is -4.72. The maximum atomic E-state index is 12.7. The topological polar surface area (TPSA) is 208 Å². The molecular weight excluding hydrogens is 600 g/mol. The van der Waals surface area contributed by atoms with Gasteiger partial charge in [0.25, 0.3) is 5.69 Å². The van der Waals surface area contributed by atoms with E-state index in [2.05, 4.69) is 4.90 Å². The molecule has 2 heterocycles. The first-order chi connectivity index (χ1) is 20.8. The molecule has 0 bridgehead atoms. The van der Waals surface area contributed by atoms with Gasteiger partial charge in [0.1, 0.15) is 6.54 Å². The number of carboxylic acid groups (broad SMARTS) is 2. The van der Waals surface area contributed by atoms with Gasteiger partial charge in [0.2, 0.25) is 11.4 Å². The van der Waals surface area contributed by atoms with Crippen molar-refractivity contribution in [3.63, 3.8) is 0 Å². The Balaban J connectivity index is 0.000000285. The first kappa shape index (κ1) is 31.9. The van der Waals surface area contributed by atoms with E-state index in [0.29, 0.717) is 24.5 Å². The van der Waals surface area contributed by atoms with Crippen molar-refractivity contribution in [3.05, 3.63) is 93.5 Å². The number of hydrogen-bond acceptors (Lipinski definition) is 10. The maximum absolute atomic E-state index is 12.7. The Hall–Kier alpha value is -5.06. The SMILES string of the molecule is Cc1cc(C(=O)O)cc(C(=O)O)c1.O=C1CN(c2ccc(N3CCOCC3)cc2)C(S(=O)(=O)O)N1c1ccc([N+](=O)[O-])cc1. The van der Waals surface area contributed by atoms with Crippen LogP contribution in [0.5, 0.6) is 0 Å². The lowest BCUT2D eigenvalue weighted by atomic mass is 10.1. The Morgan fingerprint density at radius 1 is 0.886 bits per heavy atom. The Morgan fingerprint density at radius 2 is 1.39 bits per heavy atom. The van der Waals surface area contributed by atoms with Gasteiger partial charge in [-0.2, -0.15) is 8.42 Å². The lowest BCUT2D eigenvalue weighted by Crippen LogP contribution is -2.46. The Bertz CT molecular complexity index is 1640. The molecule has 0 aromatic heterocycles. The van der Waals surface area contributed by atoms with Gasteiger partial charge in [-0.15, -0.1) is 0 Å². The molecule has 0 radical (unpaired) electrons. The molecule has 1 atom stereocenters. The molecule has 0 saturated carbocycles. The zero-order valence-corrected chi connectivity index (χ0v) is 24.1. The molecule has 2 fully saturated rings. The zero-order chi connectivity index (χ0) is 32.2. The second-order valence-electron chi connectivity index (χ2n) is 9.82. The lowest BCUT2D eigenvalue weighted by Gasteiger charge is -2.30. The number of rotatable bonds is 7. The molecular formula is C28H28N4O11S. The Morgan fingerprint density at radius 3 is 1.86 bits per heavy atom. The molecule has 16 heteroatoms. The molecule has 44 heavy (non-hydrogen) atoms. The van der Waals surface area contributed by atoms with Gasteiger partial charge in [-0.25, -0.2) is 9.59 Å². The number of amides is 1. The smallest absolute Gasteiger partial charge is 0.335 e. The summed E-state index contributed by atoms with van der Waals surface area (Å²) in [5, 5.41) is 28.1. The van der Waals surface area contributed by atoms with Crippen LogP contribution in [0, 0.1) is 17.0 Å². The van der Waals surface area contributed by atoms with Crippen LogP contribution in [-0.2, 0) is 19.6 Å². The molecule has 2 aliphatic heterocycles. The third-order valence-electron chi connectivity index (χ3n) is 6.80. The quantitative estimate of drug-likeness (QED) is 0.196. The average Bonchev–Trinajstić information content (AvgIpc) is 3.35. The van der Waals surface area contributed by atoms with E-state index in [1.807, 2.05) is 12.1 Å².